The van der Waals surface area contributed by atoms with Gasteiger partial charge >= 0.3 is 0 Å². The maximum atomic E-state index is 13.5. The van der Waals surface area contributed by atoms with Crippen LogP contribution in [0.1, 0.15) is 55.3 Å². The quantitative estimate of drug-likeness (QED) is 0.800. The summed E-state index contributed by atoms with van der Waals surface area (Å²) in [5.41, 5.74) is 2.83. The first-order valence-electron chi connectivity index (χ1n) is 11.7. The van der Waals surface area contributed by atoms with Crippen molar-refractivity contribution < 1.29 is 9.18 Å². The van der Waals surface area contributed by atoms with Gasteiger partial charge in [0.2, 0.25) is 5.91 Å². The minimum absolute atomic E-state index is 0.176. The maximum Gasteiger partial charge on any atom is 0.231 e. The molecule has 162 valence electrons. The number of rotatable bonds is 4. The SMILES string of the molecule is O=C(Nc1ncnc2c1CCN(Cc1cccc(F)c1)C2)C12CC3CC(CC(C3)C1)C2. The van der Waals surface area contributed by atoms with Crippen molar-refractivity contribution >= 4 is 11.7 Å². The van der Waals surface area contributed by atoms with E-state index in [1.54, 1.807) is 18.5 Å². The highest BCUT2D eigenvalue weighted by molar-refractivity contribution is 5.95. The van der Waals surface area contributed by atoms with E-state index in [9.17, 15) is 9.18 Å². The van der Waals surface area contributed by atoms with Crippen LogP contribution in [-0.4, -0.2) is 27.3 Å². The number of fused-ring (bicyclic) bond motifs is 1. The van der Waals surface area contributed by atoms with E-state index in [4.69, 9.17) is 0 Å². The number of nitrogens with zero attached hydrogens (tertiary/aromatic N) is 3. The van der Waals surface area contributed by atoms with Gasteiger partial charge in [0.15, 0.2) is 0 Å². The molecule has 31 heavy (non-hydrogen) atoms. The number of halogens is 1. The fourth-order valence-corrected chi connectivity index (χ4v) is 7.17. The number of amides is 1. The van der Waals surface area contributed by atoms with E-state index in [-0.39, 0.29) is 17.1 Å². The summed E-state index contributed by atoms with van der Waals surface area (Å²) >= 11 is 0. The Morgan fingerprint density at radius 2 is 1.87 bits per heavy atom. The van der Waals surface area contributed by atoms with E-state index in [2.05, 4.69) is 20.2 Å². The number of benzene rings is 1. The molecule has 7 rings (SSSR count). The number of anilines is 1. The number of carbonyl (C=O) groups excluding carboxylic acids is 1. The molecule has 0 radical (unpaired) electrons. The second-order valence-electron chi connectivity index (χ2n) is 10.4. The molecular formula is C25H29FN4O. The van der Waals surface area contributed by atoms with E-state index >= 15 is 0 Å². The number of aromatic nitrogens is 2. The second-order valence-corrected chi connectivity index (χ2v) is 10.4. The Labute approximate surface area is 182 Å². The van der Waals surface area contributed by atoms with E-state index in [0.29, 0.717) is 18.9 Å². The molecule has 0 spiro atoms. The third-order valence-corrected chi connectivity index (χ3v) is 8.13. The van der Waals surface area contributed by atoms with E-state index in [1.807, 2.05) is 6.07 Å². The topological polar surface area (TPSA) is 58.1 Å². The summed E-state index contributed by atoms with van der Waals surface area (Å²) in [7, 11) is 0. The fourth-order valence-electron chi connectivity index (χ4n) is 7.17. The molecule has 6 heteroatoms. The van der Waals surface area contributed by atoms with Gasteiger partial charge in [-0.05, 0) is 80.4 Å². The highest BCUT2D eigenvalue weighted by Crippen LogP contribution is 2.60. The zero-order valence-corrected chi connectivity index (χ0v) is 17.8. The summed E-state index contributed by atoms with van der Waals surface area (Å²) in [6.07, 6.45) is 9.52. The van der Waals surface area contributed by atoms with Gasteiger partial charge in [0.1, 0.15) is 18.0 Å². The van der Waals surface area contributed by atoms with Crippen molar-refractivity contribution in [3.05, 3.63) is 53.2 Å². The lowest BCUT2D eigenvalue weighted by Gasteiger charge is -2.55. The van der Waals surface area contributed by atoms with Gasteiger partial charge < -0.3 is 5.32 Å². The maximum absolute atomic E-state index is 13.5. The molecule has 2 aromatic rings. The van der Waals surface area contributed by atoms with Crippen LogP contribution in [0.5, 0.6) is 0 Å². The number of nitrogens with one attached hydrogen (secondary N) is 1. The van der Waals surface area contributed by atoms with Gasteiger partial charge in [0.05, 0.1) is 11.1 Å². The summed E-state index contributed by atoms with van der Waals surface area (Å²) < 4.78 is 13.5. The van der Waals surface area contributed by atoms with Gasteiger partial charge in [-0.1, -0.05) is 12.1 Å². The molecule has 2 heterocycles. The molecule has 5 aliphatic rings. The normalized spacial score (nSPS) is 31.5. The first kappa shape index (κ1) is 19.4. The molecule has 1 aromatic heterocycles. The molecule has 1 aliphatic heterocycles. The van der Waals surface area contributed by atoms with Crippen LogP contribution in [0.3, 0.4) is 0 Å². The highest BCUT2D eigenvalue weighted by Gasteiger charge is 2.54. The van der Waals surface area contributed by atoms with Crippen LogP contribution in [0.25, 0.3) is 0 Å². The fraction of sp³-hybridized carbons (Fsp3) is 0.560. The summed E-state index contributed by atoms with van der Waals surface area (Å²) in [4.78, 5) is 24.7. The summed E-state index contributed by atoms with van der Waals surface area (Å²) in [5.74, 6) is 2.92. The third-order valence-electron chi connectivity index (χ3n) is 8.13. The molecule has 5 nitrogen and oxygen atoms in total. The van der Waals surface area contributed by atoms with Crippen LogP contribution in [0.4, 0.5) is 10.2 Å². The highest BCUT2D eigenvalue weighted by atomic mass is 19.1. The van der Waals surface area contributed by atoms with Gasteiger partial charge in [-0.3, -0.25) is 9.69 Å². The van der Waals surface area contributed by atoms with Gasteiger partial charge in [-0.25, -0.2) is 14.4 Å². The van der Waals surface area contributed by atoms with Gasteiger partial charge in [0.25, 0.3) is 0 Å². The Bertz CT molecular complexity index is 987. The Morgan fingerprint density at radius 3 is 2.58 bits per heavy atom. The van der Waals surface area contributed by atoms with Gasteiger partial charge in [0, 0.05) is 25.2 Å². The Balaban J connectivity index is 1.18. The molecule has 4 saturated carbocycles. The largest absolute Gasteiger partial charge is 0.310 e. The molecule has 0 atom stereocenters. The van der Waals surface area contributed by atoms with Crippen molar-refractivity contribution in [1.82, 2.24) is 14.9 Å². The van der Waals surface area contributed by atoms with Crippen LogP contribution < -0.4 is 5.32 Å². The van der Waals surface area contributed by atoms with Crippen LogP contribution >= 0.6 is 0 Å². The van der Waals surface area contributed by atoms with Crippen molar-refractivity contribution in [2.24, 2.45) is 23.2 Å². The molecule has 0 unspecified atom stereocenters. The first-order chi connectivity index (χ1) is 15.1. The second kappa shape index (κ2) is 7.37. The molecule has 1 aromatic carbocycles. The van der Waals surface area contributed by atoms with Crippen molar-refractivity contribution in [2.45, 2.75) is 58.0 Å². The van der Waals surface area contributed by atoms with Crippen molar-refractivity contribution in [3.8, 4) is 0 Å². The predicted octanol–water partition coefficient (Wildman–Crippen LogP) is 4.33. The third kappa shape index (κ3) is 3.55. The zero-order chi connectivity index (χ0) is 21.0. The standard InChI is InChI=1S/C25H29FN4O/c26-20-3-1-2-16(9-20)13-30-5-4-21-22(14-30)27-15-28-23(21)29-24(31)25-10-17-6-18(11-25)8-19(7-17)12-25/h1-3,9,15,17-19H,4-8,10-14H2,(H,27,28,29,31). The lowest BCUT2D eigenvalue weighted by atomic mass is 9.49. The number of carbonyl (C=O) groups is 1. The molecule has 1 amide bonds. The van der Waals surface area contributed by atoms with E-state index in [0.717, 1.165) is 66.8 Å². The molecule has 1 N–H and O–H groups in total. The molecular weight excluding hydrogens is 391 g/mol. The van der Waals surface area contributed by atoms with Crippen LogP contribution in [0.2, 0.25) is 0 Å². The molecule has 0 saturated heterocycles. The van der Waals surface area contributed by atoms with Crippen LogP contribution in [0.15, 0.2) is 30.6 Å². The first-order valence-corrected chi connectivity index (χ1v) is 11.7. The smallest absolute Gasteiger partial charge is 0.231 e. The van der Waals surface area contributed by atoms with Crippen molar-refractivity contribution in [3.63, 3.8) is 0 Å². The van der Waals surface area contributed by atoms with Gasteiger partial charge in [-0.2, -0.15) is 0 Å². The minimum Gasteiger partial charge on any atom is -0.310 e. The Kier molecular flexibility index (Phi) is 4.60. The Morgan fingerprint density at radius 1 is 1.13 bits per heavy atom. The number of hydrogen-bond donors (Lipinski definition) is 1. The van der Waals surface area contributed by atoms with E-state index in [1.165, 1.54) is 25.3 Å². The monoisotopic (exact) mass is 420 g/mol. The molecule has 4 aliphatic carbocycles. The summed E-state index contributed by atoms with van der Waals surface area (Å²) in [6, 6.07) is 6.77. The van der Waals surface area contributed by atoms with Crippen molar-refractivity contribution in [2.75, 3.05) is 11.9 Å². The van der Waals surface area contributed by atoms with Gasteiger partial charge in [-0.15, -0.1) is 0 Å². The van der Waals surface area contributed by atoms with E-state index < -0.39 is 0 Å². The molecule has 4 fully saturated rings. The van der Waals surface area contributed by atoms with Crippen LogP contribution in [0, 0.1) is 29.0 Å². The average molecular weight is 421 g/mol. The summed E-state index contributed by atoms with van der Waals surface area (Å²) in [5, 5.41) is 3.24. The lowest BCUT2D eigenvalue weighted by Crippen LogP contribution is -2.52. The Hall–Kier alpha value is -2.34. The molecule has 4 bridgehead atoms. The van der Waals surface area contributed by atoms with Crippen LogP contribution in [-0.2, 0) is 24.3 Å². The lowest BCUT2D eigenvalue weighted by molar-refractivity contribution is -0.140. The average Bonchev–Trinajstić information content (AvgIpc) is 2.73. The summed E-state index contributed by atoms with van der Waals surface area (Å²) in [6.45, 7) is 2.22. The predicted molar refractivity (Wildman–Crippen MR) is 115 cm³/mol. The number of hydrogen-bond acceptors (Lipinski definition) is 4. The zero-order valence-electron chi connectivity index (χ0n) is 17.8. The van der Waals surface area contributed by atoms with Crippen molar-refractivity contribution in [1.29, 1.82) is 0 Å². The minimum atomic E-state index is -0.202.